The first-order valence-corrected chi connectivity index (χ1v) is 7.88. The van der Waals surface area contributed by atoms with Crippen LogP contribution in [0.15, 0.2) is 18.3 Å². The molecule has 1 fully saturated rings. The zero-order valence-corrected chi connectivity index (χ0v) is 13.1. The largest absolute Gasteiger partial charge is 0.370 e. The zero-order valence-electron chi connectivity index (χ0n) is 13.1. The van der Waals surface area contributed by atoms with E-state index in [-0.39, 0.29) is 0 Å². The van der Waals surface area contributed by atoms with Gasteiger partial charge in [-0.05, 0) is 37.6 Å². The van der Waals surface area contributed by atoms with Gasteiger partial charge in [0.25, 0.3) is 0 Å². The Bertz CT molecular complexity index is 407. The van der Waals surface area contributed by atoms with Crippen LogP contribution in [-0.2, 0) is 6.54 Å². The van der Waals surface area contributed by atoms with Crippen molar-refractivity contribution in [1.82, 2.24) is 14.8 Å². The van der Waals surface area contributed by atoms with Crippen molar-refractivity contribution in [2.24, 2.45) is 0 Å². The Morgan fingerprint density at radius 3 is 2.90 bits per heavy atom. The van der Waals surface area contributed by atoms with Gasteiger partial charge in [-0.25, -0.2) is 4.98 Å². The van der Waals surface area contributed by atoms with E-state index in [0.717, 1.165) is 45.0 Å². The standard InChI is InChI=1S/C16H28N4/c1-4-7-17-16-11-15(6-8-18-16)13-19-9-10-20(5-2)14(3)12-19/h6,8,11,14H,4-5,7,9-10,12-13H2,1-3H3,(H,17,18). The molecule has 0 spiro atoms. The molecule has 0 aromatic carbocycles. The minimum Gasteiger partial charge on any atom is -0.370 e. The number of aromatic nitrogens is 1. The lowest BCUT2D eigenvalue weighted by Crippen LogP contribution is -2.51. The van der Waals surface area contributed by atoms with E-state index in [1.807, 2.05) is 6.20 Å². The lowest BCUT2D eigenvalue weighted by Gasteiger charge is -2.39. The van der Waals surface area contributed by atoms with Gasteiger partial charge in [0, 0.05) is 45.0 Å². The second kappa shape index (κ2) is 7.60. The maximum Gasteiger partial charge on any atom is 0.126 e. The van der Waals surface area contributed by atoms with E-state index in [2.05, 4.69) is 53.0 Å². The van der Waals surface area contributed by atoms with Gasteiger partial charge in [0.1, 0.15) is 5.82 Å². The molecule has 2 rings (SSSR count). The molecule has 4 nitrogen and oxygen atoms in total. The SMILES string of the molecule is CCCNc1cc(CN2CCN(CC)C(C)C2)ccn1. The zero-order chi connectivity index (χ0) is 14.4. The normalized spacial score (nSPS) is 21.1. The summed E-state index contributed by atoms with van der Waals surface area (Å²) in [6, 6.07) is 4.98. The molecule has 0 aliphatic carbocycles. The summed E-state index contributed by atoms with van der Waals surface area (Å²) in [5, 5.41) is 3.36. The van der Waals surface area contributed by atoms with Crippen molar-refractivity contribution >= 4 is 5.82 Å². The van der Waals surface area contributed by atoms with Crippen LogP contribution in [0.4, 0.5) is 5.82 Å². The van der Waals surface area contributed by atoms with E-state index in [1.165, 1.54) is 12.1 Å². The van der Waals surface area contributed by atoms with Crippen molar-refractivity contribution < 1.29 is 0 Å². The van der Waals surface area contributed by atoms with E-state index in [4.69, 9.17) is 0 Å². The molecule has 20 heavy (non-hydrogen) atoms. The monoisotopic (exact) mass is 276 g/mol. The van der Waals surface area contributed by atoms with E-state index < -0.39 is 0 Å². The number of hydrogen-bond acceptors (Lipinski definition) is 4. The predicted octanol–water partition coefficient (Wildman–Crippen LogP) is 2.43. The van der Waals surface area contributed by atoms with Gasteiger partial charge in [-0.2, -0.15) is 0 Å². The van der Waals surface area contributed by atoms with Gasteiger partial charge in [0.2, 0.25) is 0 Å². The molecule has 1 unspecified atom stereocenters. The summed E-state index contributed by atoms with van der Waals surface area (Å²) in [6.07, 6.45) is 3.04. The van der Waals surface area contributed by atoms with Crippen LogP contribution in [0.25, 0.3) is 0 Å². The van der Waals surface area contributed by atoms with Crippen LogP contribution in [-0.4, -0.2) is 53.5 Å². The van der Waals surface area contributed by atoms with E-state index in [1.54, 1.807) is 0 Å². The summed E-state index contributed by atoms with van der Waals surface area (Å²) in [4.78, 5) is 9.48. The summed E-state index contributed by atoms with van der Waals surface area (Å²) in [7, 11) is 0. The summed E-state index contributed by atoms with van der Waals surface area (Å²) in [5.74, 6) is 1.00. The number of piperazine rings is 1. The van der Waals surface area contributed by atoms with Crippen molar-refractivity contribution in [1.29, 1.82) is 0 Å². The van der Waals surface area contributed by atoms with Crippen LogP contribution in [0.1, 0.15) is 32.8 Å². The number of nitrogens with one attached hydrogen (secondary N) is 1. The molecule has 0 bridgehead atoms. The van der Waals surface area contributed by atoms with Crippen LogP contribution in [0.3, 0.4) is 0 Å². The van der Waals surface area contributed by atoms with E-state index in [9.17, 15) is 0 Å². The Morgan fingerprint density at radius 1 is 1.35 bits per heavy atom. The molecule has 1 saturated heterocycles. The second-order valence-corrected chi connectivity index (χ2v) is 5.69. The summed E-state index contributed by atoms with van der Waals surface area (Å²) >= 11 is 0. The maximum atomic E-state index is 4.37. The maximum absolute atomic E-state index is 4.37. The third-order valence-corrected chi connectivity index (χ3v) is 4.04. The third-order valence-electron chi connectivity index (χ3n) is 4.04. The molecule has 2 heterocycles. The lowest BCUT2D eigenvalue weighted by molar-refractivity contribution is 0.0834. The number of rotatable bonds is 6. The fraction of sp³-hybridized carbons (Fsp3) is 0.688. The first-order valence-electron chi connectivity index (χ1n) is 7.88. The van der Waals surface area contributed by atoms with Crippen LogP contribution >= 0.6 is 0 Å². The minimum absolute atomic E-state index is 0.660. The van der Waals surface area contributed by atoms with Gasteiger partial charge in [0.05, 0.1) is 0 Å². The smallest absolute Gasteiger partial charge is 0.126 e. The number of anilines is 1. The Hall–Kier alpha value is -1.13. The van der Waals surface area contributed by atoms with Gasteiger partial charge in [-0.3, -0.25) is 9.80 Å². The van der Waals surface area contributed by atoms with E-state index >= 15 is 0 Å². The fourth-order valence-electron chi connectivity index (χ4n) is 2.86. The Morgan fingerprint density at radius 2 is 2.20 bits per heavy atom. The average Bonchev–Trinajstić information content (AvgIpc) is 2.46. The molecule has 0 saturated carbocycles. The summed E-state index contributed by atoms with van der Waals surface area (Å²) in [6.45, 7) is 13.4. The molecule has 1 aromatic heterocycles. The van der Waals surface area contributed by atoms with Gasteiger partial charge < -0.3 is 5.32 Å². The van der Waals surface area contributed by atoms with Gasteiger partial charge >= 0.3 is 0 Å². The van der Waals surface area contributed by atoms with E-state index in [0.29, 0.717) is 6.04 Å². The summed E-state index contributed by atoms with van der Waals surface area (Å²) in [5.41, 5.74) is 1.36. The number of hydrogen-bond donors (Lipinski definition) is 1. The van der Waals surface area contributed by atoms with Crippen molar-refractivity contribution in [2.75, 3.05) is 38.0 Å². The molecule has 0 amide bonds. The Labute approximate surface area is 123 Å². The molecular weight excluding hydrogens is 248 g/mol. The summed E-state index contributed by atoms with van der Waals surface area (Å²) < 4.78 is 0. The van der Waals surface area contributed by atoms with Crippen molar-refractivity contribution in [3.63, 3.8) is 0 Å². The van der Waals surface area contributed by atoms with Gasteiger partial charge in [-0.15, -0.1) is 0 Å². The molecular formula is C16H28N4. The van der Waals surface area contributed by atoms with Crippen molar-refractivity contribution in [3.8, 4) is 0 Å². The molecule has 4 heteroatoms. The third kappa shape index (κ3) is 4.18. The van der Waals surface area contributed by atoms with Crippen LogP contribution in [0, 0.1) is 0 Å². The molecule has 1 aliphatic rings. The first-order chi connectivity index (χ1) is 9.72. The van der Waals surface area contributed by atoms with Gasteiger partial charge in [0.15, 0.2) is 0 Å². The van der Waals surface area contributed by atoms with Crippen LogP contribution in [0.5, 0.6) is 0 Å². The van der Waals surface area contributed by atoms with Gasteiger partial charge in [-0.1, -0.05) is 13.8 Å². The highest BCUT2D eigenvalue weighted by atomic mass is 15.3. The van der Waals surface area contributed by atoms with Crippen LogP contribution in [0.2, 0.25) is 0 Å². The predicted molar refractivity (Wildman–Crippen MR) is 85.0 cm³/mol. The Kier molecular flexibility index (Phi) is 5.80. The number of nitrogens with zero attached hydrogens (tertiary/aromatic N) is 3. The number of likely N-dealkylation sites (N-methyl/N-ethyl adjacent to an activating group) is 1. The highest BCUT2D eigenvalue weighted by Crippen LogP contribution is 2.14. The van der Waals surface area contributed by atoms with Crippen molar-refractivity contribution in [3.05, 3.63) is 23.9 Å². The van der Waals surface area contributed by atoms with Crippen LogP contribution < -0.4 is 5.32 Å². The highest BCUT2D eigenvalue weighted by Gasteiger charge is 2.22. The average molecular weight is 276 g/mol. The minimum atomic E-state index is 0.660. The number of pyridine rings is 1. The molecule has 1 atom stereocenters. The molecule has 1 N–H and O–H groups in total. The second-order valence-electron chi connectivity index (χ2n) is 5.69. The quantitative estimate of drug-likeness (QED) is 0.864. The lowest BCUT2D eigenvalue weighted by atomic mass is 10.1. The molecule has 112 valence electrons. The Balaban J connectivity index is 1.90. The topological polar surface area (TPSA) is 31.4 Å². The highest BCUT2D eigenvalue weighted by molar-refractivity contribution is 5.37. The van der Waals surface area contributed by atoms with Crippen molar-refractivity contribution in [2.45, 2.75) is 39.8 Å². The fourth-order valence-corrected chi connectivity index (χ4v) is 2.86. The molecule has 1 aromatic rings. The molecule has 0 radical (unpaired) electrons. The molecule has 1 aliphatic heterocycles. The first kappa shape index (κ1) is 15.3.